The smallest absolute Gasteiger partial charge is 0.343 e. The van der Waals surface area contributed by atoms with E-state index < -0.39 is 17.7 Å². The van der Waals surface area contributed by atoms with Gasteiger partial charge in [-0.3, -0.25) is 9.36 Å². The average Bonchev–Trinajstić information content (AvgIpc) is 2.93. The number of hydrogen-bond acceptors (Lipinski definition) is 5. The molecule has 1 saturated heterocycles. The Kier molecular flexibility index (Phi) is 4.46. The molecule has 0 saturated carbocycles. The molecule has 23 heavy (non-hydrogen) atoms. The van der Waals surface area contributed by atoms with Gasteiger partial charge < -0.3 is 14.7 Å². The van der Waals surface area contributed by atoms with E-state index in [1.165, 1.54) is 9.47 Å². The molecule has 0 aromatic carbocycles. The summed E-state index contributed by atoms with van der Waals surface area (Å²) in [7, 11) is 0. The molecule has 2 aliphatic rings. The first-order chi connectivity index (χ1) is 11.1. The SMILES string of the molecule is O=C(O)C1Cn2c(n[nH]c2=O)CN1C(=O)CCC1CCOCC1. The Morgan fingerprint density at radius 2 is 2.09 bits per heavy atom. The fourth-order valence-electron chi connectivity index (χ4n) is 3.17. The van der Waals surface area contributed by atoms with Gasteiger partial charge in [-0.1, -0.05) is 0 Å². The largest absolute Gasteiger partial charge is 0.480 e. The summed E-state index contributed by atoms with van der Waals surface area (Å²) < 4.78 is 6.57. The molecule has 2 aliphatic heterocycles. The van der Waals surface area contributed by atoms with Crippen molar-refractivity contribution < 1.29 is 19.4 Å². The van der Waals surface area contributed by atoms with Crippen molar-refractivity contribution in [3.8, 4) is 0 Å². The Morgan fingerprint density at radius 1 is 1.35 bits per heavy atom. The van der Waals surface area contributed by atoms with Crippen molar-refractivity contribution in [2.45, 2.75) is 44.8 Å². The molecule has 9 nitrogen and oxygen atoms in total. The third-order valence-corrected chi connectivity index (χ3v) is 4.59. The van der Waals surface area contributed by atoms with Gasteiger partial charge in [0.15, 0.2) is 5.82 Å². The number of H-pyrrole nitrogens is 1. The Hall–Kier alpha value is -2.16. The van der Waals surface area contributed by atoms with E-state index in [0.29, 0.717) is 18.2 Å². The summed E-state index contributed by atoms with van der Waals surface area (Å²) in [6, 6.07) is -1.03. The van der Waals surface area contributed by atoms with Crippen molar-refractivity contribution in [3.05, 3.63) is 16.3 Å². The van der Waals surface area contributed by atoms with Gasteiger partial charge >= 0.3 is 11.7 Å². The number of carbonyl (C=O) groups excluding carboxylic acids is 1. The van der Waals surface area contributed by atoms with Crippen molar-refractivity contribution in [3.63, 3.8) is 0 Å². The second-order valence-electron chi connectivity index (χ2n) is 6.03. The van der Waals surface area contributed by atoms with Gasteiger partial charge in [0.25, 0.3) is 0 Å². The minimum atomic E-state index is -1.11. The molecule has 1 fully saturated rings. The monoisotopic (exact) mass is 324 g/mol. The van der Waals surface area contributed by atoms with Crippen LogP contribution in [0.15, 0.2) is 4.79 Å². The van der Waals surface area contributed by atoms with E-state index in [2.05, 4.69) is 10.2 Å². The predicted molar refractivity (Wildman–Crippen MR) is 77.6 cm³/mol. The Labute approximate surface area is 132 Å². The van der Waals surface area contributed by atoms with Crippen LogP contribution in [0.2, 0.25) is 0 Å². The van der Waals surface area contributed by atoms with E-state index in [1.54, 1.807) is 0 Å². The highest BCUT2D eigenvalue weighted by molar-refractivity contribution is 5.83. The van der Waals surface area contributed by atoms with E-state index in [0.717, 1.165) is 32.5 Å². The number of rotatable bonds is 4. The van der Waals surface area contributed by atoms with Gasteiger partial charge in [-0.2, -0.15) is 5.10 Å². The van der Waals surface area contributed by atoms with Crippen LogP contribution in [0.4, 0.5) is 0 Å². The molecule has 1 aromatic heterocycles. The highest BCUT2D eigenvalue weighted by atomic mass is 16.5. The van der Waals surface area contributed by atoms with E-state index in [9.17, 15) is 19.5 Å². The van der Waals surface area contributed by atoms with Gasteiger partial charge in [0, 0.05) is 19.6 Å². The first-order valence-corrected chi connectivity index (χ1v) is 7.80. The van der Waals surface area contributed by atoms with Crippen LogP contribution in [0.5, 0.6) is 0 Å². The van der Waals surface area contributed by atoms with Gasteiger partial charge in [0.2, 0.25) is 5.91 Å². The van der Waals surface area contributed by atoms with Crippen LogP contribution in [0.25, 0.3) is 0 Å². The molecule has 3 heterocycles. The van der Waals surface area contributed by atoms with E-state index in [1.807, 2.05) is 0 Å². The quantitative estimate of drug-likeness (QED) is 0.776. The zero-order chi connectivity index (χ0) is 16.4. The number of carbonyl (C=O) groups is 2. The third kappa shape index (κ3) is 3.29. The number of nitrogens with one attached hydrogen (secondary N) is 1. The second-order valence-corrected chi connectivity index (χ2v) is 6.03. The lowest BCUT2D eigenvalue weighted by Crippen LogP contribution is -2.52. The fourth-order valence-corrected chi connectivity index (χ4v) is 3.17. The summed E-state index contributed by atoms with van der Waals surface area (Å²) in [4.78, 5) is 36.8. The normalized spacial score (nSPS) is 21.9. The summed E-state index contributed by atoms with van der Waals surface area (Å²) in [6.07, 6.45) is 2.92. The molecular formula is C14H20N4O5. The van der Waals surface area contributed by atoms with Crippen molar-refractivity contribution >= 4 is 11.9 Å². The number of carboxylic acid groups (broad SMARTS) is 1. The standard InChI is InChI=1S/C14H20N4O5/c19-12(2-1-9-3-5-23-6-4-9)17-8-11-15-16-14(22)18(11)7-10(17)13(20)21/h9-10H,1-8H2,(H,16,22)(H,20,21). The van der Waals surface area contributed by atoms with Gasteiger partial charge in [-0.25, -0.2) is 14.7 Å². The fraction of sp³-hybridized carbons (Fsp3) is 0.714. The molecule has 0 aliphatic carbocycles. The molecule has 0 bridgehead atoms. The van der Waals surface area contributed by atoms with Crippen molar-refractivity contribution in [1.29, 1.82) is 0 Å². The maximum absolute atomic E-state index is 12.5. The van der Waals surface area contributed by atoms with E-state index in [4.69, 9.17) is 4.74 Å². The number of aromatic amines is 1. The summed E-state index contributed by atoms with van der Waals surface area (Å²) >= 11 is 0. The number of fused-ring (bicyclic) bond motifs is 1. The van der Waals surface area contributed by atoms with Crippen molar-refractivity contribution in [2.75, 3.05) is 13.2 Å². The van der Waals surface area contributed by atoms with Crippen LogP contribution in [-0.4, -0.2) is 55.9 Å². The van der Waals surface area contributed by atoms with Crippen LogP contribution in [-0.2, 0) is 27.4 Å². The van der Waals surface area contributed by atoms with Crippen LogP contribution >= 0.6 is 0 Å². The van der Waals surface area contributed by atoms with Gasteiger partial charge in [-0.15, -0.1) is 0 Å². The lowest BCUT2D eigenvalue weighted by Gasteiger charge is -2.33. The highest BCUT2D eigenvalue weighted by Gasteiger charge is 2.36. The molecule has 9 heteroatoms. The number of amides is 1. The minimum Gasteiger partial charge on any atom is -0.480 e. The molecule has 1 unspecified atom stereocenters. The number of nitrogens with zero attached hydrogens (tertiary/aromatic N) is 3. The number of hydrogen-bond donors (Lipinski definition) is 2. The summed E-state index contributed by atoms with van der Waals surface area (Å²) in [5, 5.41) is 15.5. The minimum absolute atomic E-state index is 0.0440. The highest BCUT2D eigenvalue weighted by Crippen LogP contribution is 2.22. The molecule has 0 spiro atoms. The number of aromatic nitrogens is 3. The maximum Gasteiger partial charge on any atom is 0.343 e. The Morgan fingerprint density at radius 3 is 2.78 bits per heavy atom. The third-order valence-electron chi connectivity index (χ3n) is 4.59. The summed E-state index contributed by atoms with van der Waals surface area (Å²) in [5.74, 6) is -0.468. The van der Waals surface area contributed by atoms with Gasteiger partial charge in [0.05, 0.1) is 13.1 Å². The first-order valence-electron chi connectivity index (χ1n) is 7.80. The first kappa shape index (κ1) is 15.7. The van der Waals surface area contributed by atoms with Crippen LogP contribution in [0.1, 0.15) is 31.5 Å². The average molecular weight is 324 g/mol. The molecule has 1 atom stereocenters. The molecule has 1 aromatic rings. The van der Waals surface area contributed by atoms with Crippen molar-refractivity contribution in [2.24, 2.45) is 5.92 Å². The second kappa shape index (κ2) is 6.53. The van der Waals surface area contributed by atoms with Gasteiger partial charge in [0.1, 0.15) is 6.04 Å². The molecular weight excluding hydrogens is 304 g/mol. The predicted octanol–water partition coefficient (Wildman–Crippen LogP) is -0.426. The maximum atomic E-state index is 12.5. The lowest BCUT2D eigenvalue weighted by molar-refractivity contribution is -0.153. The van der Waals surface area contributed by atoms with Crippen LogP contribution in [0.3, 0.4) is 0 Å². The number of aliphatic carboxylic acids is 1. The zero-order valence-electron chi connectivity index (χ0n) is 12.7. The van der Waals surface area contributed by atoms with E-state index >= 15 is 0 Å². The summed E-state index contributed by atoms with van der Waals surface area (Å²) in [5.41, 5.74) is -0.444. The molecule has 126 valence electrons. The number of carboxylic acids is 1. The Balaban J connectivity index is 1.67. The van der Waals surface area contributed by atoms with E-state index in [-0.39, 0.29) is 19.0 Å². The summed E-state index contributed by atoms with van der Waals surface area (Å²) in [6.45, 7) is 1.42. The zero-order valence-corrected chi connectivity index (χ0v) is 12.7. The molecule has 1 amide bonds. The molecule has 3 rings (SSSR count). The van der Waals surface area contributed by atoms with Crippen molar-refractivity contribution in [1.82, 2.24) is 19.7 Å². The number of ether oxygens (including phenoxy) is 1. The van der Waals surface area contributed by atoms with Crippen LogP contribution < -0.4 is 5.69 Å². The lowest BCUT2D eigenvalue weighted by atomic mass is 9.94. The Bertz CT molecular complexity index is 646. The molecule has 2 N–H and O–H groups in total. The topological polar surface area (TPSA) is 118 Å². The van der Waals surface area contributed by atoms with Crippen LogP contribution in [0, 0.1) is 5.92 Å². The van der Waals surface area contributed by atoms with Gasteiger partial charge in [-0.05, 0) is 25.2 Å². The molecule has 0 radical (unpaired) electrons.